The summed E-state index contributed by atoms with van der Waals surface area (Å²) < 4.78 is 0. The van der Waals surface area contributed by atoms with Crippen LogP contribution in [0, 0.1) is 0 Å². The highest BCUT2D eigenvalue weighted by Crippen LogP contribution is 2.28. The zero-order valence-corrected chi connectivity index (χ0v) is 13.3. The summed E-state index contributed by atoms with van der Waals surface area (Å²) in [6, 6.07) is 13.3. The van der Waals surface area contributed by atoms with Gasteiger partial charge in [-0.1, -0.05) is 29.8 Å². The van der Waals surface area contributed by atoms with Crippen molar-refractivity contribution in [2.75, 3.05) is 5.32 Å². The van der Waals surface area contributed by atoms with Crippen LogP contribution in [0.3, 0.4) is 0 Å². The number of hydrogen-bond donors (Lipinski definition) is 1. The van der Waals surface area contributed by atoms with Gasteiger partial charge >= 0.3 is 0 Å². The average molecular weight is 340 g/mol. The predicted octanol–water partition coefficient (Wildman–Crippen LogP) is 4.55. The third-order valence-corrected chi connectivity index (χ3v) is 4.21. The Bertz CT molecular complexity index is 971. The van der Waals surface area contributed by atoms with E-state index in [1.165, 1.54) is 11.3 Å². The molecule has 3 heterocycles. The lowest BCUT2D eigenvalue weighted by molar-refractivity contribution is 1.25. The van der Waals surface area contributed by atoms with Gasteiger partial charge in [-0.3, -0.25) is 4.98 Å². The van der Waals surface area contributed by atoms with E-state index < -0.39 is 0 Å². The van der Waals surface area contributed by atoms with Crippen LogP contribution < -0.4 is 5.32 Å². The first-order chi connectivity index (χ1) is 11.3. The SMILES string of the molecule is Clc1nc2ccccc2nc1Nc1nc(-c2ccccn2)cs1. The van der Waals surface area contributed by atoms with E-state index in [2.05, 4.69) is 25.3 Å². The second-order valence-corrected chi connectivity index (χ2v) is 5.95. The lowest BCUT2D eigenvalue weighted by Gasteiger charge is -2.05. The Morgan fingerprint density at radius 1 is 0.870 bits per heavy atom. The van der Waals surface area contributed by atoms with Crippen molar-refractivity contribution < 1.29 is 0 Å². The average Bonchev–Trinajstić information content (AvgIpc) is 3.05. The molecule has 0 fully saturated rings. The van der Waals surface area contributed by atoms with Crippen molar-refractivity contribution in [3.63, 3.8) is 0 Å². The highest BCUT2D eigenvalue weighted by Gasteiger charge is 2.10. The van der Waals surface area contributed by atoms with E-state index in [9.17, 15) is 0 Å². The minimum atomic E-state index is 0.318. The van der Waals surface area contributed by atoms with Gasteiger partial charge in [0, 0.05) is 11.6 Å². The van der Waals surface area contributed by atoms with E-state index in [4.69, 9.17) is 11.6 Å². The monoisotopic (exact) mass is 339 g/mol. The quantitative estimate of drug-likeness (QED) is 0.593. The first kappa shape index (κ1) is 14.0. The molecule has 0 saturated carbocycles. The van der Waals surface area contributed by atoms with Gasteiger partial charge in [-0.25, -0.2) is 15.0 Å². The fourth-order valence-corrected chi connectivity index (χ4v) is 3.01. The predicted molar refractivity (Wildman–Crippen MR) is 93.2 cm³/mol. The molecule has 0 aliphatic rings. The lowest BCUT2D eigenvalue weighted by atomic mass is 10.3. The minimum Gasteiger partial charge on any atom is -0.314 e. The number of rotatable bonds is 3. The molecule has 0 aliphatic heterocycles. The van der Waals surface area contributed by atoms with Gasteiger partial charge in [0.2, 0.25) is 0 Å². The van der Waals surface area contributed by atoms with Crippen molar-refractivity contribution in [3.05, 3.63) is 59.2 Å². The molecule has 0 spiro atoms. The Balaban J connectivity index is 1.66. The number of aromatic nitrogens is 4. The molecule has 0 unspecified atom stereocenters. The molecular formula is C16H10ClN5S. The van der Waals surface area contributed by atoms with Crippen LogP contribution in [0.15, 0.2) is 54.0 Å². The molecule has 4 rings (SSSR count). The maximum Gasteiger partial charge on any atom is 0.189 e. The number of anilines is 2. The first-order valence-electron chi connectivity index (χ1n) is 6.86. The number of nitrogens with zero attached hydrogens (tertiary/aromatic N) is 4. The summed E-state index contributed by atoms with van der Waals surface area (Å²) in [5, 5.41) is 6.08. The summed E-state index contributed by atoms with van der Waals surface area (Å²) in [6.45, 7) is 0. The van der Waals surface area contributed by atoms with Gasteiger partial charge in [-0.15, -0.1) is 11.3 Å². The number of thiazole rings is 1. The summed E-state index contributed by atoms with van der Waals surface area (Å²) >= 11 is 7.67. The van der Waals surface area contributed by atoms with Crippen LogP contribution in [-0.4, -0.2) is 19.9 Å². The Morgan fingerprint density at radius 3 is 2.43 bits per heavy atom. The topological polar surface area (TPSA) is 63.6 Å². The zero-order valence-electron chi connectivity index (χ0n) is 11.8. The van der Waals surface area contributed by atoms with Crippen LogP contribution in [0.5, 0.6) is 0 Å². The van der Waals surface area contributed by atoms with Crippen molar-refractivity contribution in [2.45, 2.75) is 0 Å². The van der Waals surface area contributed by atoms with E-state index in [1.54, 1.807) is 6.20 Å². The fourth-order valence-electron chi connectivity index (χ4n) is 2.12. The molecule has 0 atom stereocenters. The van der Waals surface area contributed by atoms with E-state index >= 15 is 0 Å². The molecule has 1 aromatic carbocycles. The van der Waals surface area contributed by atoms with Crippen molar-refractivity contribution in [2.24, 2.45) is 0 Å². The van der Waals surface area contributed by atoms with Crippen molar-refractivity contribution >= 4 is 44.9 Å². The first-order valence-corrected chi connectivity index (χ1v) is 8.11. The van der Waals surface area contributed by atoms with Crippen LogP contribution in [0.2, 0.25) is 5.15 Å². The Kier molecular flexibility index (Phi) is 3.61. The Hall–Kier alpha value is -2.57. The van der Waals surface area contributed by atoms with E-state index in [-0.39, 0.29) is 0 Å². The summed E-state index contributed by atoms with van der Waals surface area (Å²) in [4.78, 5) is 17.6. The van der Waals surface area contributed by atoms with Crippen molar-refractivity contribution in [1.82, 2.24) is 19.9 Å². The number of fused-ring (bicyclic) bond motifs is 1. The third kappa shape index (κ3) is 2.86. The highest BCUT2D eigenvalue weighted by atomic mass is 35.5. The number of hydrogen-bond acceptors (Lipinski definition) is 6. The van der Waals surface area contributed by atoms with Gasteiger partial charge in [0.05, 0.1) is 16.7 Å². The van der Waals surface area contributed by atoms with Crippen molar-refractivity contribution in [3.8, 4) is 11.4 Å². The van der Waals surface area contributed by atoms with Crippen LogP contribution >= 0.6 is 22.9 Å². The molecule has 4 aromatic rings. The molecule has 0 saturated heterocycles. The van der Waals surface area contributed by atoms with Crippen LogP contribution in [0.4, 0.5) is 10.9 Å². The molecule has 3 aromatic heterocycles. The van der Waals surface area contributed by atoms with Crippen molar-refractivity contribution in [1.29, 1.82) is 0 Å². The second-order valence-electron chi connectivity index (χ2n) is 4.73. The second kappa shape index (κ2) is 5.91. The highest BCUT2D eigenvalue weighted by molar-refractivity contribution is 7.14. The number of para-hydroxylation sites is 2. The molecule has 7 heteroatoms. The van der Waals surface area contributed by atoms with Gasteiger partial charge in [0.15, 0.2) is 16.1 Å². The van der Waals surface area contributed by atoms with Crippen LogP contribution in [-0.2, 0) is 0 Å². The molecule has 5 nitrogen and oxygen atoms in total. The number of pyridine rings is 1. The largest absolute Gasteiger partial charge is 0.314 e. The van der Waals surface area contributed by atoms with E-state index in [0.29, 0.717) is 16.1 Å². The number of benzene rings is 1. The van der Waals surface area contributed by atoms with Crippen LogP contribution in [0.1, 0.15) is 0 Å². The van der Waals surface area contributed by atoms with Gasteiger partial charge in [-0.05, 0) is 24.3 Å². The summed E-state index contributed by atoms with van der Waals surface area (Å²) in [6.07, 6.45) is 1.74. The van der Waals surface area contributed by atoms with Gasteiger partial charge < -0.3 is 5.32 Å². The number of nitrogens with one attached hydrogen (secondary N) is 1. The van der Waals surface area contributed by atoms with Gasteiger partial charge in [0.1, 0.15) is 5.69 Å². The van der Waals surface area contributed by atoms with Gasteiger partial charge in [0.25, 0.3) is 0 Å². The normalized spacial score (nSPS) is 10.8. The smallest absolute Gasteiger partial charge is 0.189 e. The zero-order chi connectivity index (χ0) is 15.6. The molecule has 0 bridgehead atoms. The molecule has 0 amide bonds. The molecule has 112 valence electrons. The molecule has 0 radical (unpaired) electrons. The molecule has 23 heavy (non-hydrogen) atoms. The fraction of sp³-hybridized carbons (Fsp3) is 0. The van der Waals surface area contributed by atoms with E-state index in [0.717, 1.165) is 22.4 Å². The third-order valence-electron chi connectivity index (χ3n) is 3.18. The molecular weight excluding hydrogens is 330 g/mol. The number of halogens is 1. The summed E-state index contributed by atoms with van der Waals surface area (Å²) in [5.74, 6) is 0.493. The standard InChI is InChI=1S/C16H10ClN5S/c17-14-15(20-12-7-2-1-6-11(12)19-14)22-16-21-13(9-23-16)10-5-3-4-8-18-10/h1-9H,(H,20,21,22). The minimum absolute atomic E-state index is 0.318. The van der Waals surface area contributed by atoms with E-state index in [1.807, 2.05) is 47.8 Å². The molecule has 1 N–H and O–H groups in total. The Labute approximate surface area is 141 Å². The summed E-state index contributed by atoms with van der Waals surface area (Å²) in [5.41, 5.74) is 3.17. The lowest BCUT2D eigenvalue weighted by Crippen LogP contribution is -1.97. The Morgan fingerprint density at radius 2 is 1.65 bits per heavy atom. The maximum atomic E-state index is 6.21. The van der Waals surface area contributed by atoms with Gasteiger partial charge in [-0.2, -0.15) is 0 Å². The van der Waals surface area contributed by atoms with Crippen LogP contribution in [0.25, 0.3) is 22.4 Å². The summed E-state index contributed by atoms with van der Waals surface area (Å²) in [7, 11) is 0. The molecule has 0 aliphatic carbocycles. The maximum absolute atomic E-state index is 6.21.